The maximum atomic E-state index is 4.43. The number of thioether (sulfide) groups is 1. The monoisotopic (exact) mass is 279 g/mol. The molecule has 2 aromatic rings. The van der Waals surface area contributed by atoms with Crippen molar-refractivity contribution in [2.24, 2.45) is 0 Å². The van der Waals surface area contributed by atoms with E-state index in [1.54, 1.807) is 11.8 Å². The molecule has 0 bridgehead atoms. The minimum atomic E-state index is 0.915. The molecule has 1 aromatic heterocycles. The van der Waals surface area contributed by atoms with Crippen LogP contribution < -0.4 is 5.32 Å². The number of para-hydroxylation sites is 1. The van der Waals surface area contributed by atoms with E-state index in [4.69, 9.17) is 0 Å². The minimum Gasteiger partial charge on any atom is -0.384 e. The Bertz CT molecular complexity index is 496. The van der Waals surface area contributed by atoms with Crippen LogP contribution in [0.3, 0.4) is 0 Å². The smallest absolute Gasteiger partial charge is 0.170 e. The summed E-state index contributed by atoms with van der Waals surface area (Å²) >= 11 is 3.26. The van der Waals surface area contributed by atoms with Crippen LogP contribution in [0.25, 0.3) is 0 Å². The highest BCUT2D eigenvalue weighted by Crippen LogP contribution is 2.20. The van der Waals surface area contributed by atoms with Crippen molar-refractivity contribution < 1.29 is 0 Å². The van der Waals surface area contributed by atoms with Crippen molar-refractivity contribution in [3.8, 4) is 0 Å². The molecule has 3 nitrogen and oxygen atoms in total. The lowest BCUT2D eigenvalue weighted by Crippen LogP contribution is -2.04. The zero-order valence-electron chi connectivity index (χ0n) is 10.6. The molecule has 0 saturated heterocycles. The quantitative estimate of drug-likeness (QED) is 0.647. The molecule has 0 aliphatic rings. The van der Waals surface area contributed by atoms with Crippen LogP contribution in [0.1, 0.15) is 18.3 Å². The number of nitrogens with zero attached hydrogens (tertiary/aromatic N) is 2. The Kier molecular flexibility index (Phi) is 5.01. The van der Waals surface area contributed by atoms with Gasteiger partial charge in [0.2, 0.25) is 0 Å². The Labute approximate surface area is 116 Å². The summed E-state index contributed by atoms with van der Waals surface area (Å²) in [6, 6.07) is 8.34. The van der Waals surface area contributed by atoms with E-state index < -0.39 is 0 Å². The van der Waals surface area contributed by atoms with Crippen LogP contribution in [-0.2, 0) is 6.42 Å². The molecule has 0 spiro atoms. The first-order valence-corrected chi connectivity index (χ1v) is 7.80. The zero-order valence-corrected chi connectivity index (χ0v) is 12.3. The topological polar surface area (TPSA) is 37.8 Å². The van der Waals surface area contributed by atoms with Crippen LogP contribution in [0.5, 0.6) is 0 Å². The highest BCUT2D eigenvalue weighted by Gasteiger charge is 2.02. The fourth-order valence-electron chi connectivity index (χ4n) is 1.54. The first kappa shape index (κ1) is 13.4. The number of nitrogens with one attached hydrogen (secondary N) is 1. The van der Waals surface area contributed by atoms with Gasteiger partial charge in [0.05, 0.1) is 0 Å². The molecule has 2 rings (SSSR count). The highest BCUT2D eigenvalue weighted by molar-refractivity contribution is 8.00. The third-order valence-corrected chi connectivity index (χ3v) is 4.43. The highest BCUT2D eigenvalue weighted by atomic mass is 32.2. The average Bonchev–Trinajstić information content (AvgIpc) is 2.84. The molecule has 18 heavy (non-hydrogen) atoms. The van der Waals surface area contributed by atoms with Gasteiger partial charge in [-0.25, -0.2) is 4.98 Å². The van der Waals surface area contributed by atoms with Gasteiger partial charge >= 0.3 is 0 Å². The van der Waals surface area contributed by atoms with Crippen LogP contribution in [0.4, 0.5) is 5.69 Å². The van der Waals surface area contributed by atoms with E-state index in [-0.39, 0.29) is 0 Å². The fraction of sp³-hybridized carbons (Fsp3) is 0.385. The number of aromatic nitrogens is 2. The first-order chi connectivity index (χ1) is 8.79. The van der Waals surface area contributed by atoms with Gasteiger partial charge in [0.25, 0.3) is 0 Å². The van der Waals surface area contributed by atoms with Crippen LogP contribution >= 0.6 is 23.3 Å². The summed E-state index contributed by atoms with van der Waals surface area (Å²) in [6.45, 7) is 5.14. The van der Waals surface area contributed by atoms with Crippen molar-refractivity contribution in [3.05, 3.63) is 35.7 Å². The molecule has 0 aliphatic heterocycles. The molecule has 5 heteroatoms. The second-order valence-electron chi connectivity index (χ2n) is 3.92. The van der Waals surface area contributed by atoms with Gasteiger partial charge in [-0.1, -0.05) is 36.9 Å². The van der Waals surface area contributed by atoms with Crippen LogP contribution in [-0.4, -0.2) is 21.7 Å². The molecule has 0 atom stereocenters. The Balaban J connectivity index is 1.74. The predicted octanol–water partition coefficient (Wildman–Crippen LogP) is 3.61. The lowest BCUT2D eigenvalue weighted by Gasteiger charge is -2.07. The van der Waals surface area contributed by atoms with Crippen molar-refractivity contribution in [2.75, 3.05) is 17.6 Å². The molecule has 0 radical (unpaired) electrons. The number of benzene rings is 1. The normalized spacial score (nSPS) is 10.6. The molecule has 0 aliphatic carbocycles. The van der Waals surface area contributed by atoms with E-state index in [0.29, 0.717) is 0 Å². The van der Waals surface area contributed by atoms with Crippen molar-refractivity contribution in [1.82, 2.24) is 9.36 Å². The van der Waals surface area contributed by atoms with Crippen molar-refractivity contribution >= 4 is 29.0 Å². The lowest BCUT2D eigenvalue weighted by molar-refractivity contribution is 0.971. The van der Waals surface area contributed by atoms with Gasteiger partial charge in [-0.2, -0.15) is 4.37 Å². The summed E-state index contributed by atoms with van der Waals surface area (Å²) in [5.41, 5.74) is 2.50. The van der Waals surface area contributed by atoms with Crippen molar-refractivity contribution in [2.45, 2.75) is 24.6 Å². The number of hydrogen-bond donors (Lipinski definition) is 1. The maximum absolute atomic E-state index is 4.43. The largest absolute Gasteiger partial charge is 0.384 e. The van der Waals surface area contributed by atoms with E-state index in [0.717, 1.165) is 28.9 Å². The van der Waals surface area contributed by atoms with Gasteiger partial charge < -0.3 is 5.32 Å². The lowest BCUT2D eigenvalue weighted by atomic mass is 10.2. The molecular weight excluding hydrogens is 262 g/mol. The minimum absolute atomic E-state index is 0.915. The third-order valence-electron chi connectivity index (χ3n) is 2.55. The van der Waals surface area contributed by atoms with Crippen molar-refractivity contribution in [3.63, 3.8) is 0 Å². The standard InChI is InChI=1S/C13H17N3S2/c1-3-12-15-13(18-16-12)17-9-8-14-11-7-5-4-6-10(11)2/h4-7,14H,3,8-9H2,1-2H3. The summed E-state index contributed by atoms with van der Waals surface area (Å²) in [4.78, 5) is 4.43. The molecule has 1 aromatic carbocycles. The molecule has 1 N–H and O–H groups in total. The molecule has 0 unspecified atom stereocenters. The van der Waals surface area contributed by atoms with Gasteiger partial charge in [-0.05, 0) is 30.1 Å². The Morgan fingerprint density at radius 2 is 2.17 bits per heavy atom. The first-order valence-electron chi connectivity index (χ1n) is 6.04. The van der Waals surface area contributed by atoms with Crippen LogP contribution in [0.2, 0.25) is 0 Å². The number of aryl methyl sites for hydroxylation is 2. The second-order valence-corrected chi connectivity index (χ2v) is 6.01. The van der Waals surface area contributed by atoms with Crippen molar-refractivity contribution in [1.29, 1.82) is 0 Å². The SMILES string of the molecule is CCc1nsc(SCCNc2ccccc2C)n1. The Morgan fingerprint density at radius 1 is 1.33 bits per heavy atom. The van der Waals surface area contributed by atoms with E-state index in [9.17, 15) is 0 Å². The Morgan fingerprint density at radius 3 is 2.89 bits per heavy atom. The second kappa shape index (κ2) is 6.75. The molecule has 0 amide bonds. The van der Waals surface area contributed by atoms with Gasteiger partial charge in [0.15, 0.2) is 4.34 Å². The van der Waals surface area contributed by atoms with E-state index in [2.05, 4.69) is 52.8 Å². The summed E-state index contributed by atoms with van der Waals surface area (Å²) in [7, 11) is 0. The Hall–Kier alpha value is -1.07. The number of hydrogen-bond acceptors (Lipinski definition) is 5. The van der Waals surface area contributed by atoms with Gasteiger partial charge in [0.1, 0.15) is 5.82 Å². The molecule has 1 heterocycles. The predicted molar refractivity (Wildman–Crippen MR) is 79.7 cm³/mol. The molecule has 0 fully saturated rings. The molecule has 0 saturated carbocycles. The average molecular weight is 279 g/mol. The van der Waals surface area contributed by atoms with Crippen LogP contribution in [0, 0.1) is 6.92 Å². The summed E-state index contributed by atoms with van der Waals surface area (Å²) < 4.78 is 5.34. The van der Waals surface area contributed by atoms with E-state index >= 15 is 0 Å². The van der Waals surface area contributed by atoms with Gasteiger partial charge in [-0.15, -0.1) is 0 Å². The fourth-order valence-corrected chi connectivity index (χ4v) is 3.16. The van der Waals surface area contributed by atoms with Crippen LogP contribution in [0.15, 0.2) is 28.6 Å². The summed E-state index contributed by atoms with van der Waals surface area (Å²) in [5.74, 6) is 1.96. The zero-order chi connectivity index (χ0) is 12.8. The number of rotatable bonds is 6. The molecular formula is C13H17N3S2. The maximum Gasteiger partial charge on any atom is 0.170 e. The van der Waals surface area contributed by atoms with Gasteiger partial charge in [0, 0.05) is 24.4 Å². The van der Waals surface area contributed by atoms with E-state index in [1.807, 2.05) is 0 Å². The third kappa shape index (κ3) is 3.71. The summed E-state index contributed by atoms with van der Waals surface area (Å²) in [6.07, 6.45) is 0.915. The van der Waals surface area contributed by atoms with Gasteiger partial charge in [-0.3, -0.25) is 0 Å². The summed E-state index contributed by atoms with van der Waals surface area (Å²) in [5, 5.41) is 3.44. The number of anilines is 1. The molecule has 96 valence electrons. The van der Waals surface area contributed by atoms with E-state index in [1.165, 1.54) is 22.8 Å².